The number of ketones is 1. The van der Waals surface area contributed by atoms with Crippen molar-refractivity contribution in [1.29, 1.82) is 0 Å². The highest BCUT2D eigenvalue weighted by Gasteiger charge is 2.35. The van der Waals surface area contributed by atoms with Gasteiger partial charge in [0.05, 0.1) is 19.3 Å². The van der Waals surface area contributed by atoms with Crippen LogP contribution in [0.1, 0.15) is 57.9 Å². The molecule has 1 heterocycles. The van der Waals surface area contributed by atoms with Crippen molar-refractivity contribution in [2.45, 2.75) is 71.1 Å². The molecular formula is C24H34N2O4. The van der Waals surface area contributed by atoms with Crippen molar-refractivity contribution in [3.05, 3.63) is 35.9 Å². The molecule has 3 rings (SSSR count). The van der Waals surface area contributed by atoms with Gasteiger partial charge in [-0.1, -0.05) is 56.5 Å². The van der Waals surface area contributed by atoms with Crippen LogP contribution in [0.3, 0.4) is 0 Å². The van der Waals surface area contributed by atoms with E-state index in [9.17, 15) is 14.4 Å². The van der Waals surface area contributed by atoms with Crippen LogP contribution in [-0.4, -0.2) is 59.2 Å². The lowest BCUT2D eigenvalue weighted by Gasteiger charge is -2.34. The molecule has 6 nitrogen and oxygen atoms in total. The number of hydrogen-bond donors (Lipinski definition) is 0. The Balaban J connectivity index is 1.72. The molecule has 1 aliphatic heterocycles. The van der Waals surface area contributed by atoms with Gasteiger partial charge in [-0.25, -0.2) is 0 Å². The van der Waals surface area contributed by atoms with E-state index in [0.717, 1.165) is 31.2 Å². The number of carbonyl (C=O) groups is 3. The summed E-state index contributed by atoms with van der Waals surface area (Å²) < 4.78 is 6.20. The molecule has 2 amide bonds. The minimum Gasteiger partial charge on any atom is -0.370 e. The van der Waals surface area contributed by atoms with E-state index >= 15 is 0 Å². The van der Waals surface area contributed by atoms with Crippen LogP contribution in [0, 0.1) is 5.92 Å². The molecule has 0 N–H and O–H groups in total. The number of benzene rings is 1. The number of hydrogen-bond acceptors (Lipinski definition) is 4. The van der Waals surface area contributed by atoms with Gasteiger partial charge in [-0.2, -0.15) is 0 Å². The number of amides is 2. The number of rotatable bonds is 7. The Hall–Kier alpha value is -2.21. The maximum Gasteiger partial charge on any atom is 0.242 e. The normalized spacial score (nSPS) is 21.9. The summed E-state index contributed by atoms with van der Waals surface area (Å²) in [4.78, 5) is 41.1. The van der Waals surface area contributed by atoms with Crippen molar-refractivity contribution in [3.63, 3.8) is 0 Å². The van der Waals surface area contributed by atoms with Gasteiger partial charge >= 0.3 is 0 Å². The highest BCUT2D eigenvalue weighted by atomic mass is 16.5. The minimum atomic E-state index is -0.339. The highest BCUT2D eigenvalue weighted by Crippen LogP contribution is 2.25. The third kappa shape index (κ3) is 6.14. The third-order valence-electron chi connectivity index (χ3n) is 6.34. The summed E-state index contributed by atoms with van der Waals surface area (Å²) in [5.41, 5.74) is 1.07. The van der Waals surface area contributed by atoms with Gasteiger partial charge < -0.3 is 14.5 Å². The molecule has 2 aliphatic rings. The fourth-order valence-electron chi connectivity index (χ4n) is 4.31. The topological polar surface area (TPSA) is 66.9 Å². The van der Waals surface area contributed by atoms with E-state index in [1.165, 1.54) is 13.3 Å². The van der Waals surface area contributed by atoms with Gasteiger partial charge in [0.15, 0.2) is 0 Å². The van der Waals surface area contributed by atoms with Gasteiger partial charge in [0.1, 0.15) is 5.78 Å². The first-order chi connectivity index (χ1) is 14.4. The summed E-state index contributed by atoms with van der Waals surface area (Å²) in [6.45, 7) is 4.68. The smallest absolute Gasteiger partial charge is 0.242 e. The Labute approximate surface area is 179 Å². The second kappa shape index (κ2) is 10.7. The molecule has 1 saturated carbocycles. The fourth-order valence-corrected chi connectivity index (χ4v) is 4.31. The average Bonchev–Trinajstić information content (AvgIpc) is 2.92. The van der Waals surface area contributed by atoms with E-state index < -0.39 is 0 Å². The molecule has 1 aromatic rings. The number of nitrogens with zero attached hydrogens (tertiary/aromatic N) is 2. The summed E-state index contributed by atoms with van der Waals surface area (Å²) in [6, 6.07) is 10.2. The number of carbonyl (C=O) groups excluding carboxylic acids is 3. The molecule has 6 heteroatoms. The van der Waals surface area contributed by atoms with E-state index in [0.29, 0.717) is 19.7 Å². The van der Waals surface area contributed by atoms with Crippen molar-refractivity contribution in [2.24, 2.45) is 5.92 Å². The minimum absolute atomic E-state index is 0.00320. The lowest BCUT2D eigenvalue weighted by atomic mass is 9.94. The maximum absolute atomic E-state index is 13.1. The van der Waals surface area contributed by atoms with Crippen LogP contribution in [0.4, 0.5) is 0 Å². The fraction of sp³-hybridized carbons (Fsp3) is 0.625. The Morgan fingerprint density at radius 1 is 1.10 bits per heavy atom. The lowest BCUT2D eigenvalue weighted by molar-refractivity contribution is -0.141. The summed E-state index contributed by atoms with van der Waals surface area (Å²) in [5, 5.41) is 0. The molecular weight excluding hydrogens is 380 g/mol. The van der Waals surface area contributed by atoms with Crippen molar-refractivity contribution in [1.82, 2.24) is 9.80 Å². The van der Waals surface area contributed by atoms with Crippen LogP contribution >= 0.6 is 0 Å². The van der Waals surface area contributed by atoms with Gasteiger partial charge in [-0.05, 0) is 25.3 Å². The molecule has 2 atom stereocenters. The van der Waals surface area contributed by atoms with Crippen LogP contribution in [-0.2, 0) is 25.7 Å². The summed E-state index contributed by atoms with van der Waals surface area (Å²) in [7, 11) is 0. The van der Waals surface area contributed by atoms with E-state index in [1.54, 1.807) is 11.8 Å². The Morgan fingerprint density at radius 3 is 2.47 bits per heavy atom. The van der Waals surface area contributed by atoms with E-state index in [1.807, 2.05) is 35.2 Å². The van der Waals surface area contributed by atoms with Gasteiger partial charge in [-0.15, -0.1) is 0 Å². The first kappa shape index (κ1) is 22.5. The molecule has 0 bridgehead atoms. The monoisotopic (exact) mass is 414 g/mol. The summed E-state index contributed by atoms with van der Waals surface area (Å²) in [6.07, 6.45) is 5.44. The first-order valence-corrected chi connectivity index (χ1v) is 11.2. The maximum atomic E-state index is 13.1. The predicted molar refractivity (Wildman–Crippen MR) is 115 cm³/mol. The van der Waals surface area contributed by atoms with Gasteiger partial charge in [0.2, 0.25) is 11.8 Å². The SMILES string of the molecule is CC(=O)[C@@H](C)CC(=O)N1CC(=O)N(C2CCCCC2)C[C@@H](OCc2ccccc2)C1. The van der Waals surface area contributed by atoms with Crippen LogP contribution in [0.2, 0.25) is 0 Å². The first-order valence-electron chi connectivity index (χ1n) is 11.2. The Bertz CT molecular complexity index is 730. The second-order valence-corrected chi connectivity index (χ2v) is 8.75. The van der Waals surface area contributed by atoms with Crippen molar-refractivity contribution < 1.29 is 19.1 Å². The second-order valence-electron chi connectivity index (χ2n) is 8.75. The predicted octanol–water partition coefficient (Wildman–Crippen LogP) is 3.19. The van der Waals surface area contributed by atoms with Crippen LogP contribution in [0.25, 0.3) is 0 Å². The molecule has 1 saturated heterocycles. The number of ether oxygens (including phenoxy) is 1. The number of Topliss-reactive ketones (excluding diaryl/α,β-unsaturated/α-hetero) is 1. The Morgan fingerprint density at radius 2 is 1.80 bits per heavy atom. The zero-order valence-corrected chi connectivity index (χ0v) is 18.2. The van der Waals surface area contributed by atoms with Crippen LogP contribution in [0.5, 0.6) is 0 Å². The largest absolute Gasteiger partial charge is 0.370 e. The van der Waals surface area contributed by atoms with Gasteiger partial charge in [0, 0.05) is 31.5 Å². The van der Waals surface area contributed by atoms with Gasteiger partial charge in [0.25, 0.3) is 0 Å². The molecule has 0 spiro atoms. The summed E-state index contributed by atoms with van der Waals surface area (Å²) in [5.74, 6) is -0.499. The zero-order chi connectivity index (χ0) is 21.5. The lowest BCUT2D eigenvalue weighted by Crippen LogP contribution is -2.46. The van der Waals surface area contributed by atoms with Crippen LogP contribution in [0.15, 0.2) is 30.3 Å². The van der Waals surface area contributed by atoms with E-state index in [2.05, 4.69) is 0 Å². The average molecular weight is 415 g/mol. The third-order valence-corrected chi connectivity index (χ3v) is 6.34. The quantitative estimate of drug-likeness (QED) is 0.687. The molecule has 164 valence electrons. The molecule has 0 unspecified atom stereocenters. The molecule has 1 aliphatic carbocycles. The Kier molecular flexibility index (Phi) is 8.02. The molecule has 30 heavy (non-hydrogen) atoms. The molecule has 2 fully saturated rings. The van der Waals surface area contributed by atoms with Crippen molar-refractivity contribution in [3.8, 4) is 0 Å². The van der Waals surface area contributed by atoms with E-state index in [-0.39, 0.29) is 48.6 Å². The zero-order valence-electron chi connectivity index (χ0n) is 18.2. The van der Waals surface area contributed by atoms with Crippen molar-refractivity contribution in [2.75, 3.05) is 19.6 Å². The summed E-state index contributed by atoms with van der Waals surface area (Å²) >= 11 is 0. The molecule has 1 aromatic carbocycles. The van der Waals surface area contributed by atoms with Crippen molar-refractivity contribution >= 4 is 17.6 Å². The highest BCUT2D eigenvalue weighted by molar-refractivity contribution is 5.88. The molecule has 0 radical (unpaired) electrons. The van der Waals surface area contributed by atoms with E-state index in [4.69, 9.17) is 4.74 Å². The standard InChI is InChI=1S/C24H34N2O4/c1-18(19(2)27)13-23(28)25-14-22(30-17-20-9-5-3-6-10-20)15-26(24(29)16-25)21-11-7-4-8-12-21/h3,5-6,9-10,18,21-22H,4,7-8,11-17H2,1-2H3/t18-,22-/m0/s1. The molecule has 0 aromatic heterocycles. The van der Waals surface area contributed by atoms with Crippen LogP contribution < -0.4 is 0 Å². The van der Waals surface area contributed by atoms with Gasteiger partial charge in [-0.3, -0.25) is 14.4 Å².